The maximum absolute atomic E-state index is 12.2. The normalized spacial score (nSPS) is 10.8. The second kappa shape index (κ2) is 7.06. The minimum atomic E-state index is -0.885. The fourth-order valence-electron chi connectivity index (χ4n) is 2.54. The number of fused-ring (bicyclic) bond motifs is 1. The molecule has 2 aromatic heterocycles. The van der Waals surface area contributed by atoms with E-state index in [4.69, 9.17) is 5.11 Å². The summed E-state index contributed by atoms with van der Waals surface area (Å²) in [5, 5.41) is 8.72. The topological polar surface area (TPSA) is 74.9 Å². The summed E-state index contributed by atoms with van der Waals surface area (Å²) in [7, 11) is 0. The van der Waals surface area contributed by atoms with Crippen LogP contribution in [0.25, 0.3) is 5.65 Å². The smallest absolute Gasteiger partial charge is 0.305 e. The molecular formula is C16H21N3O3. The number of rotatable bonds is 7. The lowest BCUT2D eigenvalue weighted by Gasteiger charge is -2.19. The van der Waals surface area contributed by atoms with E-state index in [1.165, 1.54) is 0 Å². The molecule has 0 unspecified atom stereocenters. The minimum absolute atomic E-state index is 0.0194. The van der Waals surface area contributed by atoms with Crippen LogP contribution in [0.1, 0.15) is 31.2 Å². The van der Waals surface area contributed by atoms with Crippen LogP contribution in [0.2, 0.25) is 0 Å². The zero-order valence-corrected chi connectivity index (χ0v) is 13.0. The third-order valence-corrected chi connectivity index (χ3v) is 3.73. The van der Waals surface area contributed by atoms with Crippen molar-refractivity contribution in [3.8, 4) is 0 Å². The molecule has 0 fully saturated rings. The quantitative estimate of drug-likeness (QED) is 0.847. The molecule has 2 rings (SSSR count). The zero-order chi connectivity index (χ0) is 16.1. The van der Waals surface area contributed by atoms with Gasteiger partial charge in [-0.3, -0.25) is 9.59 Å². The van der Waals surface area contributed by atoms with E-state index in [-0.39, 0.29) is 18.9 Å². The molecule has 22 heavy (non-hydrogen) atoms. The molecule has 0 spiro atoms. The number of carboxylic acids is 1. The van der Waals surface area contributed by atoms with Crippen LogP contribution >= 0.6 is 0 Å². The highest BCUT2D eigenvalue weighted by atomic mass is 16.4. The van der Waals surface area contributed by atoms with Crippen molar-refractivity contribution in [3.05, 3.63) is 35.8 Å². The molecule has 6 heteroatoms. The number of imidazole rings is 1. The summed E-state index contributed by atoms with van der Waals surface area (Å²) in [6.07, 6.45) is 2.88. The molecule has 0 saturated heterocycles. The van der Waals surface area contributed by atoms with E-state index in [0.29, 0.717) is 19.4 Å². The average Bonchev–Trinajstić information content (AvgIpc) is 2.80. The van der Waals surface area contributed by atoms with Crippen molar-refractivity contribution in [1.29, 1.82) is 0 Å². The van der Waals surface area contributed by atoms with Crippen LogP contribution in [0, 0.1) is 6.92 Å². The molecule has 0 aliphatic carbocycles. The third-order valence-electron chi connectivity index (χ3n) is 3.73. The van der Waals surface area contributed by atoms with Crippen molar-refractivity contribution in [3.63, 3.8) is 0 Å². The highest BCUT2D eigenvalue weighted by molar-refractivity contribution is 5.77. The lowest BCUT2D eigenvalue weighted by Crippen LogP contribution is -2.33. The van der Waals surface area contributed by atoms with Crippen molar-refractivity contribution in [2.24, 2.45) is 0 Å². The lowest BCUT2D eigenvalue weighted by atomic mass is 10.2. The number of carboxylic acid groups (broad SMARTS) is 1. The molecule has 0 saturated carbocycles. The van der Waals surface area contributed by atoms with Gasteiger partial charge >= 0.3 is 5.97 Å². The number of hydrogen-bond donors (Lipinski definition) is 1. The van der Waals surface area contributed by atoms with E-state index >= 15 is 0 Å². The van der Waals surface area contributed by atoms with E-state index in [0.717, 1.165) is 17.0 Å². The van der Waals surface area contributed by atoms with E-state index in [1.54, 1.807) is 4.90 Å². The Bertz CT molecular complexity index is 678. The molecule has 0 radical (unpaired) electrons. The number of aromatic nitrogens is 2. The number of carbonyl (C=O) groups excluding carboxylic acids is 1. The maximum atomic E-state index is 12.2. The number of nitrogens with zero attached hydrogens (tertiary/aromatic N) is 3. The van der Waals surface area contributed by atoms with Crippen LogP contribution < -0.4 is 0 Å². The van der Waals surface area contributed by atoms with Gasteiger partial charge in [-0.05, 0) is 32.4 Å². The van der Waals surface area contributed by atoms with Crippen LogP contribution in [0.3, 0.4) is 0 Å². The standard InChI is InChI=1S/C16H21N3O3/c1-3-18(11-9-16(21)22)15(20)8-7-13-12(2)17-14-6-4-5-10-19(13)14/h4-6,10H,3,7-9,11H2,1-2H3,(H,21,22). The summed E-state index contributed by atoms with van der Waals surface area (Å²) in [4.78, 5) is 28.9. The lowest BCUT2D eigenvalue weighted by molar-refractivity contribution is -0.138. The number of carbonyl (C=O) groups is 2. The van der Waals surface area contributed by atoms with E-state index in [9.17, 15) is 9.59 Å². The summed E-state index contributed by atoms with van der Waals surface area (Å²) < 4.78 is 2.00. The van der Waals surface area contributed by atoms with E-state index in [2.05, 4.69) is 4.98 Å². The predicted octanol–water partition coefficient (Wildman–Crippen LogP) is 1.90. The Balaban J connectivity index is 2.02. The molecule has 2 heterocycles. The third kappa shape index (κ3) is 3.63. The average molecular weight is 303 g/mol. The van der Waals surface area contributed by atoms with Gasteiger partial charge in [-0.2, -0.15) is 0 Å². The molecule has 6 nitrogen and oxygen atoms in total. The van der Waals surface area contributed by atoms with Crippen molar-refractivity contribution in [2.75, 3.05) is 13.1 Å². The first-order valence-electron chi connectivity index (χ1n) is 7.45. The summed E-state index contributed by atoms with van der Waals surface area (Å²) in [5.41, 5.74) is 2.83. The number of aliphatic carboxylic acids is 1. The van der Waals surface area contributed by atoms with Crippen molar-refractivity contribution in [1.82, 2.24) is 14.3 Å². The van der Waals surface area contributed by atoms with Crippen LogP contribution in [-0.2, 0) is 16.0 Å². The van der Waals surface area contributed by atoms with Crippen molar-refractivity contribution in [2.45, 2.75) is 33.1 Å². The monoisotopic (exact) mass is 303 g/mol. The molecule has 1 N–H and O–H groups in total. The number of hydrogen-bond acceptors (Lipinski definition) is 3. The molecule has 0 atom stereocenters. The predicted molar refractivity (Wildman–Crippen MR) is 82.8 cm³/mol. The van der Waals surface area contributed by atoms with Gasteiger partial charge in [0.1, 0.15) is 5.65 Å². The highest BCUT2D eigenvalue weighted by Crippen LogP contribution is 2.14. The Hall–Kier alpha value is -2.37. The van der Waals surface area contributed by atoms with E-state index < -0.39 is 5.97 Å². The Morgan fingerprint density at radius 2 is 2.09 bits per heavy atom. The second-order valence-electron chi connectivity index (χ2n) is 5.19. The maximum Gasteiger partial charge on any atom is 0.305 e. The molecule has 0 bridgehead atoms. The van der Waals surface area contributed by atoms with Crippen LogP contribution in [-0.4, -0.2) is 44.4 Å². The number of aryl methyl sites for hydroxylation is 2. The number of pyridine rings is 1. The molecule has 0 aromatic carbocycles. The molecule has 0 aliphatic heterocycles. The summed E-state index contributed by atoms with van der Waals surface area (Å²) >= 11 is 0. The van der Waals surface area contributed by atoms with Gasteiger partial charge < -0.3 is 14.4 Å². The Kier molecular flexibility index (Phi) is 5.14. The van der Waals surface area contributed by atoms with Gasteiger partial charge in [0, 0.05) is 31.4 Å². The van der Waals surface area contributed by atoms with Crippen molar-refractivity contribution >= 4 is 17.5 Å². The number of amides is 1. The van der Waals surface area contributed by atoms with Gasteiger partial charge in [0.05, 0.1) is 12.1 Å². The van der Waals surface area contributed by atoms with Gasteiger partial charge in [-0.25, -0.2) is 4.98 Å². The summed E-state index contributed by atoms with van der Waals surface area (Å²) in [6.45, 7) is 4.59. The van der Waals surface area contributed by atoms with Gasteiger partial charge in [0.2, 0.25) is 5.91 Å². The fourth-order valence-corrected chi connectivity index (χ4v) is 2.54. The van der Waals surface area contributed by atoms with Crippen LogP contribution in [0.4, 0.5) is 0 Å². The zero-order valence-electron chi connectivity index (χ0n) is 13.0. The molecule has 1 amide bonds. The van der Waals surface area contributed by atoms with Crippen molar-refractivity contribution < 1.29 is 14.7 Å². The first-order chi connectivity index (χ1) is 10.5. The first-order valence-corrected chi connectivity index (χ1v) is 7.45. The Labute approximate surface area is 129 Å². The molecular weight excluding hydrogens is 282 g/mol. The first kappa shape index (κ1) is 16.0. The highest BCUT2D eigenvalue weighted by Gasteiger charge is 2.15. The van der Waals surface area contributed by atoms with Gasteiger partial charge in [0.25, 0.3) is 0 Å². The van der Waals surface area contributed by atoms with Crippen LogP contribution in [0.15, 0.2) is 24.4 Å². The van der Waals surface area contributed by atoms with Crippen LogP contribution in [0.5, 0.6) is 0 Å². The fraction of sp³-hybridized carbons (Fsp3) is 0.438. The van der Waals surface area contributed by atoms with Gasteiger partial charge in [-0.15, -0.1) is 0 Å². The van der Waals surface area contributed by atoms with E-state index in [1.807, 2.05) is 42.6 Å². The SMILES string of the molecule is CCN(CCC(=O)O)C(=O)CCc1c(C)nc2ccccn12. The molecule has 2 aromatic rings. The minimum Gasteiger partial charge on any atom is -0.481 e. The largest absolute Gasteiger partial charge is 0.481 e. The van der Waals surface area contributed by atoms with Gasteiger partial charge in [0.15, 0.2) is 0 Å². The molecule has 0 aliphatic rings. The molecule has 118 valence electrons. The van der Waals surface area contributed by atoms with Gasteiger partial charge in [-0.1, -0.05) is 6.07 Å². The second-order valence-corrected chi connectivity index (χ2v) is 5.19. The summed E-state index contributed by atoms with van der Waals surface area (Å²) in [5.74, 6) is -0.905. The Morgan fingerprint density at radius 1 is 1.32 bits per heavy atom. The summed E-state index contributed by atoms with van der Waals surface area (Å²) in [6, 6.07) is 5.80. The Morgan fingerprint density at radius 3 is 2.77 bits per heavy atom.